The third-order valence-corrected chi connectivity index (χ3v) is 4.78. The summed E-state index contributed by atoms with van der Waals surface area (Å²) in [5.41, 5.74) is 2.41. The Morgan fingerprint density at radius 1 is 0.935 bits per heavy atom. The average molecular weight is 424 g/mol. The van der Waals surface area contributed by atoms with Gasteiger partial charge in [0.1, 0.15) is 0 Å². The lowest BCUT2D eigenvalue weighted by Crippen LogP contribution is -2.31. The SMILES string of the molecule is CN(C)CCNC(=O)c1cccc(CNC(=O)Nc2cccc(C(=O)NC3CC3)c2)c1. The zero-order valence-corrected chi connectivity index (χ0v) is 17.9. The van der Waals surface area contributed by atoms with Crippen LogP contribution in [0.5, 0.6) is 0 Å². The van der Waals surface area contributed by atoms with E-state index in [1.165, 1.54) is 0 Å². The van der Waals surface area contributed by atoms with Crippen LogP contribution in [0.15, 0.2) is 48.5 Å². The van der Waals surface area contributed by atoms with Gasteiger partial charge in [-0.15, -0.1) is 0 Å². The quantitative estimate of drug-likeness (QED) is 0.496. The van der Waals surface area contributed by atoms with Crippen LogP contribution in [0.25, 0.3) is 0 Å². The van der Waals surface area contributed by atoms with Crippen molar-refractivity contribution in [2.45, 2.75) is 25.4 Å². The van der Waals surface area contributed by atoms with Gasteiger partial charge in [0.05, 0.1) is 0 Å². The van der Waals surface area contributed by atoms with E-state index in [-0.39, 0.29) is 30.4 Å². The van der Waals surface area contributed by atoms with Crippen molar-refractivity contribution in [2.24, 2.45) is 0 Å². The second-order valence-corrected chi connectivity index (χ2v) is 7.90. The van der Waals surface area contributed by atoms with Crippen LogP contribution in [0.2, 0.25) is 0 Å². The monoisotopic (exact) mass is 423 g/mol. The van der Waals surface area contributed by atoms with Crippen molar-refractivity contribution in [2.75, 3.05) is 32.5 Å². The minimum Gasteiger partial charge on any atom is -0.351 e. The fraction of sp³-hybridized carbons (Fsp3) is 0.348. The fourth-order valence-electron chi connectivity index (χ4n) is 2.91. The van der Waals surface area contributed by atoms with E-state index < -0.39 is 0 Å². The van der Waals surface area contributed by atoms with E-state index in [1.54, 1.807) is 42.5 Å². The molecule has 0 saturated heterocycles. The number of carbonyl (C=O) groups is 3. The smallest absolute Gasteiger partial charge is 0.319 e. The highest BCUT2D eigenvalue weighted by molar-refractivity contribution is 5.97. The third-order valence-electron chi connectivity index (χ3n) is 4.78. The molecule has 1 aliphatic carbocycles. The topological polar surface area (TPSA) is 103 Å². The van der Waals surface area contributed by atoms with Gasteiger partial charge in [0, 0.05) is 42.5 Å². The van der Waals surface area contributed by atoms with Crippen LogP contribution in [-0.2, 0) is 6.54 Å². The van der Waals surface area contributed by atoms with Gasteiger partial charge < -0.3 is 26.2 Å². The molecule has 0 radical (unpaired) electrons. The summed E-state index contributed by atoms with van der Waals surface area (Å²) in [6.45, 7) is 1.59. The Morgan fingerprint density at radius 3 is 2.35 bits per heavy atom. The third kappa shape index (κ3) is 7.42. The lowest BCUT2D eigenvalue weighted by molar-refractivity contribution is 0.0942. The minimum absolute atomic E-state index is 0.132. The molecule has 8 heteroatoms. The summed E-state index contributed by atoms with van der Waals surface area (Å²) in [6.07, 6.45) is 2.04. The van der Waals surface area contributed by atoms with Crippen molar-refractivity contribution < 1.29 is 14.4 Å². The van der Waals surface area contributed by atoms with Crippen LogP contribution < -0.4 is 21.3 Å². The number of rotatable bonds is 9. The molecule has 0 heterocycles. The first kappa shape index (κ1) is 22.3. The van der Waals surface area contributed by atoms with Crippen LogP contribution >= 0.6 is 0 Å². The predicted octanol–water partition coefficient (Wildman–Crippen LogP) is 2.19. The van der Waals surface area contributed by atoms with Gasteiger partial charge in [-0.25, -0.2) is 4.79 Å². The number of anilines is 1. The Labute approximate surface area is 182 Å². The molecular weight excluding hydrogens is 394 g/mol. The Morgan fingerprint density at radius 2 is 1.65 bits per heavy atom. The lowest BCUT2D eigenvalue weighted by atomic mass is 10.1. The Bertz CT molecular complexity index is 940. The molecule has 31 heavy (non-hydrogen) atoms. The fourth-order valence-corrected chi connectivity index (χ4v) is 2.91. The Hall–Kier alpha value is -3.39. The van der Waals surface area contributed by atoms with Crippen molar-refractivity contribution >= 4 is 23.5 Å². The highest BCUT2D eigenvalue weighted by Gasteiger charge is 2.23. The summed E-state index contributed by atoms with van der Waals surface area (Å²) in [7, 11) is 3.89. The molecule has 0 atom stereocenters. The van der Waals surface area contributed by atoms with Gasteiger partial charge in [-0.2, -0.15) is 0 Å². The summed E-state index contributed by atoms with van der Waals surface area (Å²) in [6, 6.07) is 13.9. The number of carbonyl (C=O) groups excluding carboxylic acids is 3. The molecule has 1 saturated carbocycles. The van der Waals surface area contributed by atoms with E-state index in [0.29, 0.717) is 23.4 Å². The van der Waals surface area contributed by atoms with E-state index in [0.717, 1.165) is 24.9 Å². The second-order valence-electron chi connectivity index (χ2n) is 7.90. The molecule has 3 rings (SSSR count). The molecule has 0 aromatic heterocycles. The molecule has 8 nitrogen and oxygen atoms in total. The molecule has 2 aromatic rings. The number of urea groups is 1. The van der Waals surface area contributed by atoms with E-state index in [9.17, 15) is 14.4 Å². The highest BCUT2D eigenvalue weighted by Crippen LogP contribution is 2.20. The maximum atomic E-state index is 12.3. The van der Waals surface area contributed by atoms with Gasteiger partial charge in [0.15, 0.2) is 0 Å². The lowest BCUT2D eigenvalue weighted by Gasteiger charge is -2.12. The summed E-state index contributed by atoms with van der Waals surface area (Å²) in [5, 5.41) is 11.3. The normalized spacial score (nSPS) is 12.9. The number of hydrogen-bond donors (Lipinski definition) is 4. The van der Waals surface area contributed by atoms with Crippen molar-refractivity contribution in [1.82, 2.24) is 20.9 Å². The van der Waals surface area contributed by atoms with E-state index in [2.05, 4.69) is 21.3 Å². The van der Waals surface area contributed by atoms with Crippen LogP contribution in [0.4, 0.5) is 10.5 Å². The molecule has 4 N–H and O–H groups in total. The molecule has 0 aliphatic heterocycles. The van der Waals surface area contributed by atoms with Crippen LogP contribution in [0, 0.1) is 0 Å². The van der Waals surface area contributed by atoms with Gasteiger partial charge in [-0.3, -0.25) is 9.59 Å². The summed E-state index contributed by atoms with van der Waals surface area (Å²) in [5.74, 6) is -0.276. The number of amides is 4. The molecule has 164 valence electrons. The van der Waals surface area contributed by atoms with Gasteiger partial charge in [0.2, 0.25) is 0 Å². The number of hydrogen-bond acceptors (Lipinski definition) is 4. The van der Waals surface area contributed by atoms with Gasteiger partial charge in [0.25, 0.3) is 11.8 Å². The van der Waals surface area contributed by atoms with Crippen molar-refractivity contribution in [3.8, 4) is 0 Å². The van der Waals surface area contributed by atoms with Crippen molar-refractivity contribution in [3.63, 3.8) is 0 Å². The molecule has 0 spiro atoms. The number of benzene rings is 2. The first-order valence-electron chi connectivity index (χ1n) is 10.4. The summed E-state index contributed by atoms with van der Waals surface area (Å²) < 4.78 is 0. The van der Waals surface area contributed by atoms with Crippen LogP contribution in [-0.4, -0.2) is 56.0 Å². The van der Waals surface area contributed by atoms with E-state index >= 15 is 0 Å². The zero-order valence-electron chi connectivity index (χ0n) is 17.9. The van der Waals surface area contributed by atoms with Gasteiger partial charge >= 0.3 is 6.03 Å². The van der Waals surface area contributed by atoms with Gasteiger partial charge in [-0.1, -0.05) is 18.2 Å². The first-order valence-corrected chi connectivity index (χ1v) is 10.4. The average Bonchev–Trinajstić information content (AvgIpc) is 3.56. The minimum atomic E-state index is -0.388. The maximum absolute atomic E-state index is 12.3. The van der Waals surface area contributed by atoms with E-state index in [1.807, 2.05) is 25.1 Å². The maximum Gasteiger partial charge on any atom is 0.319 e. The van der Waals surface area contributed by atoms with Crippen LogP contribution in [0.1, 0.15) is 39.1 Å². The molecule has 0 unspecified atom stereocenters. The second kappa shape index (κ2) is 10.6. The number of likely N-dealkylation sites (N-methyl/N-ethyl adjacent to an activating group) is 1. The van der Waals surface area contributed by atoms with Crippen molar-refractivity contribution in [3.05, 3.63) is 65.2 Å². The number of nitrogens with zero attached hydrogens (tertiary/aromatic N) is 1. The molecule has 1 fully saturated rings. The van der Waals surface area contributed by atoms with Crippen LogP contribution in [0.3, 0.4) is 0 Å². The first-order chi connectivity index (χ1) is 14.9. The largest absolute Gasteiger partial charge is 0.351 e. The molecule has 2 aromatic carbocycles. The predicted molar refractivity (Wildman–Crippen MR) is 120 cm³/mol. The molecule has 1 aliphatic rings. The Kier molecular flexibility index (Phi) is 7.61. The zero-order chi connectivity index (χ0) is 22.2. The summed E-state index contributed by atoms with van der Waals surface area (Å²) >= 11 is 0. The Balaban J connectivity index is 1.49. The van der Waals surface area contributed by atoms with Gasteiger partial charge in [-0.05, 0) is 62.8 Å². The molecular formula is C23H29N5O3. The standard InChI is InChI=1S/C23H29N5O3/c1-28(2)12-11-24-21(29)17-6-3-5-16(13-17)15-25-23(31)27-20-8-4-7-18(14-20)22(30)26-19-9-10-19/h3-8,13-14,19H,9-12,15H2,1-2H3,(H,24,29)(H,26,30)(H2,25,27,31). The highest BCUT2D eigenvalue weighted by atomic mass is 16.2. The molecule has 0 bridgehead atoms. The molecule has 4 amide bonds. The summed E-state index contributed by atoms with van der Waals surface area (Å²) in [4.78, 5) is 38.7. The number of nitrogens with one attached hydrogen (secondary N) is 4. The van der Waals surface area contributed by atoms with E-state index in [4.69, 9.17) is 0 Å². The van der Waals surface area contributed by atoms with Crippen molar-refractivity contribution in [1.29, 1.82) is 0 Å².